The highest BCUT2D eigenvalue weighted by molar-refractivity contribution is 7.13. The fraction of sp³-hybridized carbons (Fsp3) is 0.333. The van der Waals surface area contributed by atoms with E-state index in [1.807, 2.05) is 36.6 Å². The monoisotopic (exact) mass is 290 g/mol. The number of amides is 1. The Morgan fingerprint density at radius 2 is 2.10 bits per heavy atom. The Kier molecular flexibility index (Phi) is 5.26. The average molecular weight is 290 g/mol. The van der Waals surface area contributed by atoms with Crippen LogP contribution in [0.4, 0.5) is 0 Å². The van der Waals surface area contributed by atoms with E-state index in [2.05, 4.69) is 10.3 Å². The van der Waals surface area contributed by atoms with Crippen LogP contribution < -0.4 is 5.32 Å². The number of ether oxygens (including phenoxy) is 1. The number of carbonyl (C=O) groups excluding carboxylic acids is 1. The molecule has 1 amide bonds. The van der Waals surface area contributed by atoms with Gasteiger partial charge in [0.25, 0.3) is 0 Å². The van der Waals surface area contributed by atoms with Crippen molar-refractivity contribution in [2.45, 2.75) is 19.9 Å². The molecule has 0 saturated carbocycles. The Morgan fingerprint density at radius 1 is 1.35 bits per heavy atom. The molecule has 2 rings (SSSR count). The van der Waals surface area contributed by atoms with Gasteiger partial charge >= 0.3 is 0 Å². The van der Waals surface area contributed by atoms with Gasteiger partial charge in [-0.05, 0) is 12.5 Å². The minimum atomic E-state index is 0.00600. The van der Waals surface area contributed by atoms with Crippen molar-refractivity contribution in [3.05, 3.63) is 40.9 Å². The van der Waals surface area contributed by atoms with Gasteiger partial charge in [-0.25, -0.2) is 4.98 Å². The SMILES string of the molecule is COCCC(=O)NCc1ccc(-c2nc(C)cs2)cc1. The number of rotatable bonds is 6. The first kappa shape index (κ1) is 14.7. The fourth-order valence-corrected chi connectivity index (χ4v) is 2.54. The summed E-state index contributed by atoms with van der Waals surface area (Å²) in [4.78, 5) is 15.9. The standard InChI is InChI=1S/C15H18N2O2S/c1-11-10-20-15(17-11)13-5-3-12(4-6-13)9-16-14(18)7-8-19-2/h3-6,10H,7-9H2,1-2H3,(H,16,18). The van der Waals surface area contributed by atoms with Gasteiger partial charge in [0.15, 0.2) is 0 Å². The molecule has 0 bridgehead atoms. The molecule has 0 saturated heterocycles. The summed E-state index contributed by atoms with van der Waals surface area (Å²) in [6.45, 7) is 2.98. The van der Waals surface area contributed by atoms with Crippen molar-refractivity contribution in [1.82, 2.24) is 10.3 Å². The van der Waals surface area contributed by atoms with Crippen LogP contribution in [0, 0.1) is 6.92 Å². The minimum absolute atomic E-state index is 0.00600. The van der Waals surface area contributed by atoms with Gasteiger partial charge in [0.05, 0.1) is 6.61 Å². The van der Waals surface area contributed by atoms with Crippen molar-refractivity contribution in [3.8, 4) is 10.6 Å². The van der Waals surface area contributed by atoms with Crippen molar-refractivity contribution in [2.24, 2.45) is 0 Å². The molecule has 0 unspecified atom stereocenters. The Labute approximate surface area is 122 Å². The topological polar surface area (TPSA) is 51.2 Å². The molecule has 106 valence electrons. The first-order chi connectivity index (χ1) is 9.69. The summed E-state index contributed by atoms with van der Waals surface area (Å²) in [5.74, 6) is 0.00600. The average Bonchev–Trinajstić information content (AvgIpc) is 2.90. The van der Waals surface area contributed by atoms with Crippen LogP contribution in [0.3, 0.4) is 0 Å². The Bertz CT molecular complexity index is 564. The number of nitrogens with zero attached hydrogens (tertiary/aromatic N) is 1. The Balaban J connectivity index is 1.90. The zero-order chi connectivity index (χ0) is 14.4. The third-order valence-electron chi connectivity index (χ3n) is 2.84. The van der Waals surface area contributed by atoms with Crippen molar-refractivity contribution < 1.29 is 9.53 Å². The summed E-state index contributed by atoms with van der Waals surface area (Å²) < 4.78 is 4.86. The predicted molar refractivity (Wildman–Crippen MR) is 80.6 cm³/mol. The van der Waals surface area contributed by atoms with Gasteiger partial charge in [0.1, 0.15) is 5.01 Å². The molecule has 1 aromatic heterocycles. The minimum Gasteiger partial charge on any atom is -0.384 e. The van der Waals surface area contributed by atoms with Gasteiger partial charge in [-0.3, -0.25) is 4.79 Å². The van der Waals surface area contributed by atoms with E-state index >= 15 is 0 Å². The third-order valence-corrected chi connectivity index (χ3v) is 3.85. The van der Waals surface area contributed by atoms with Crippen molar-refractivity contribution in [2.75, 3.05) is 13.7 Å². The highest BCUT2D eigenvalue weighted by Gasteiger charge is 2.04. The van der Waals surface area contributed by atoms with Gasteiger partial charge in [-0.1, -0.05) is 24.3 Å². The molecule has 4 nitrogen and oxygen atoms in total. The van der Waals surface area contributed by atoms with Gasteiger partial charge < -0.3 is 10.1 Å². The van der Waals surface area contributed by atoms with Crippen LogP contribution in [0.1, 0.15) is 17.7 Å². The van der Waals surface area contributed by atoms with Gasteiger partial charge in [0, 0.05) is 36.7 Å². The Morgan fingerprint density at radius 3 is 2.70 bits per heavy atom. The number of hydrogen-bond acceptors (Lipinski definition) is 4. The molecule has 0 radical (unpaired) electrons. The zero-order valence-electron chi connectivity index (χ0n) is 11.7. The maximum Gasteiger partial charge on any atom is 0.222 e. The lowest BCUT2D eigenvalue weighted by atomic mass is 10.1. The lowest BCUT2D eigenvalue weighted by Gasteiger charge is -2.05. The van der Waals surface area contributed by atoms with E-state index in [0.29, 0.717) is 19.6 Å². The number of methoxy groups -OCH3 is 1. The first-order valence-corrected chi connectivity index (χ1v) is 7.34. The molecule has 2 aromatic rings. The van der Waals surface area contributed by atoms with Crippen LogP contribution >= 0.6 is 11.3 Å². The predicted octanol–water partition coefficient (Wildman–Crippen LogP) is 2.77. The lowest BCUT2D eigenvalue weighted by Crippen LogP contribution is -2.23. The molecular formula is C15H18N2O2S. The second kappa shape index (κ2) is 7.17. The van der Waals surface area contributed by atoms with Crippen LogP contribution in [-0.4, -0.2) is 24.6 Å². The molecule has 20 heavy (non-hydrogen) atoms. The molecule has 5 heteroatoms. The molecule has 0 atom stereocenters. The highest BCUT2D eigenvalue weighted by atomic mass is 32.1. The number of carbonyl (C=O) groups is 1. The summed E-state index contributed by atoms with van der Waals surface area (Å²) in [6.07, 6.45) is 0.396. The Hall–Kier alpha value is -1.72. The fourth-order valence-electron chi connectivity index (χ4n) is 1.74. The summed E-state index contributed by atoms with van der Waals surface area (Å²) in [5, 5.41) is 5.93. The number of thiazole rings is 1. The molecule has 0 spiro atoms. The number of hydrogen-bond donors (Lipinski definition) is 1. The van der Waals surface area contributed by atoms with E-state index in [0.717, 1.165) is 21.8 Å². The summed E-state index contributed by atoms with van der Waals surface area (Å²) in [6, 6.07) is 8.11. The number of benzene rings is 1. The second-order valence-electron chi connectivity index (χ2n) is 4.51. The van der Waals surface area contributed by atoms with E-state index < -0.39 is 0 Å². The van der Waals surface area contributed by atoms with Crippen molar-refractivity contribution in [3.63, 3.8) is 0 Å². The van der Waals surface area contributed by atoms with E-state index in [1.165, 1.54) is 0 Å². The van der Waals surface area contributed by atoms with E-state index in [-0.39, 0.29) is 5.91 Å². The lowest BCUT2D eigenvalue weighted by molar-refractivity contribution is -0.122. The van der Waals surface area contributed by atoms with E-state index in [1.54, 1.807) is 18.4 Å². The number of nitrogens with one attached hydrogen (secondary N) is 1. The highest BCUT2D eigenvalue weighted by Crippen LogP contribution is 2.23. The van der Waals surface area contributed by atoms with Gasteiger partial charge in [-0.2, -0.15) is 0 Å². The van der Waals surface area contributed by atoms with Crippen LogP contribution in [0.15, 0.2) is 29.6 Å². The molecule has 0 aliphatic rings. The number of aromatic nitrogens is 1. The number of aryl methyl sites for hydroxylation is 1. The van der Waals surface area contributed by atoms with Crippen LogP contribution in [0.25, 0.3) is 10.6 Å². The molecule has 0 aliphatic carbocycles. The van der Waals surface area contributed by atoms with Crippen LogP contribution in [0.5, 0.6) is 0 Å². The maximum absolute atomic E-state index is 11.5. The molecular weight excluding hydrogens is 272 g/mol. The molecule has 1 aromatic carbocycles. The van der Waals surface area contributed by atoms with Crippen molar-refractivity contribution in [1.29, 1.82) is 0 Å². The van der Waals surface area contributed by atoms with E-state index in [9.17, 15) is 4.79 Å². The molecule has 0 fully saturated rings. The third kappa shape index (κ3) is 4.15. The maximum atomic E-state index is 11.5. The van der Waals surface area contributed by atoms with Gasteiger partial charge in [-0.15, -0.1) is 11.3 Å². The van der Waals surface area contributed by atoms with E-state index in [4.69, 9.17) is 4.74 Å². The molecule has 1 N–H and O–H groups in total. The zero-order valence-corrected chi connectivity index (χ0v) is 12.5. The van der Waals surface area contributed by atoms with Crippen LogP contribution in [0.2, 0.25) is 0 Å². The second-order valence-corrected chi connectivity index (χ2v) is 5.37. The van der Waals surface area contributed by atoms with Crippen LogP contribution in [-0.2, 0) is 16.1 Å². The first-order valence-electron chi connectivity index (χ1n) is 6.46. The van der Waals surface area contributed by atoms with Gasteiger partial charge in [0.2, 0.25) is 5.91 Å². The summed E-state index contributed by atoms with van der Waals surface area (Å²) in [5.41, 5.74) is 3.23. The summed E-state index contributed by atoms with van der Waals surface area (Å²) >= 11 is 1.64. The molecule has 1 heterocycles. The normalized spacial score (nSPS) is 10.5. The van der Waals surface area contributed by atoms with Crippen molar-refractivity contribution >= 4 is 17.2 Å². The molecule has 0 aliphatic heterocycles. The largest absolute Gasteiger partial charge is 0.384 e. The summed E-state index contributed by atoms with van der Waals surface area (Å²) in [7, 11) is 1.59. The smallest absolute Gasteiger partial charge is 0.222 e. The quantitative estimate of drug-likeness (QED) is 0.890.